The zero-order valence-electron chi connectivity index (χ0n) is 14.8. The smallest absolute Gasteiger partial charge is 0.325 e. The third-order valence-corrected chi connectivity index (χ3v) is 1.82. The van der Waals surface area contributed by atoms with Crippen molar-refractivity contribution in [3.8, 4) is 0 Å². The molecule has 2 N–H and O–H groups in total. The van der Waals surface area contributed by atoms with E-state index in [0.29, 0.717) is 0 Å². The second-order valence-electron chi connectivity index (χ2n) is 6.88. The molecule has 6 heteroatoms. The predicted molar refractivity (Wildman–Crippen MR) is 87.4 cm³/mol. The molecular weight excluding hydrogens is 294 g/mol. The average Bonchev–Trinajstić information content (AvgIpc) is 2.13. The molecule has 0 fully saturated rings. The van der Waals surface area contributed by atoms with Crippen LogP contribution in [0.5, 0.6) is 0 Å². The van der Waals surface area contributed by atoms with Gasteiger partial charge < -0.3 is 15.2 Å². The average molecular weight is 326 g/mol. The van der Waals surface area contributed by atoms with Gasteiger partial charge in [-0.1, -0.05) is 0 Å². The van der Waals surface area contributed by atoms with Crippen LogP contribution in [0.1, 0.15) is 62.3 Å². The molecule has 5 nitrogen and oxygen atoms in total. The monoisotopic (exact) mass is 325 g/mol. The summed E-state index contributed by atoms with van der Waals surface area (Å²) in [4.78, 5) is 22.0. The van der Waals surface area contributed by atoms with Crippen LogP contribution in [0.3, 0.4) is 0 Å². The summed E-state index contributed by atoms with van der Waals surface area (Å²) in [5, 5.41) is 0. The number of esters is 2. The number of halogens is 1. The van der Waals surface area contributed by atoms with Gasteiger partial charge in [-0.3, -0.25) is 9.59 Å². The zero-order valence-corrected chi connectivity index (χ0v) is 15.6. The van der Waals surface area contributed by atoms with Gasteiger partial charge in [-0.05, 0) is 62.3 Å². The van der Waals surface area contributed by atoms with E-state index in [-0.39, 0.29) is 42.0 Å². The number of hydrogen-bond acceptors (Lipinski definition) is 5. The molecular formula is C15H32ClNO4. The lowest BCUT2D eigenvalue weighted by molar-refractivity contribution is -0.157. The quantitative estimate of drug-likeness (QED) is 0.807. The van der Waals surface area contributed by atoms with Gasteiger partial charge in [0.1, 0.15) is 5.54 Å². The maximum Gasteiger partial charge on any atom is 0.325 e. The first-order valence-corrected chi connectivity index (χ1v) is 6.89. The first kappa shape index (κ1) is 25.2. The minimum Gasteiger partial charge on any atom is -0.463 e. The van der Waals surface area contributed by atoms with E-state index in [0.717, 1.165) is 0 Å². The van der Waals surface area contributed by atoms with Crippen LogP contribution >= 0.6 is 12.4 Å². The first-order chi connectivity index (χ1) is 8.67. The van der Waals surface area contributed by atoms with E-state index in [4.69, 9.17) is 15.2 Å². The standard InChI is InChI=1S/C8H16O2.C7H15NO2.ClH/c1-6(2)10-7(9)8(3,4)5;1-5(2)10-6(9)7(3,4)8;/h6H,1-5H3;5H,8H2,1-4H3;1H. The van der Waals surface area contributed by atoms with Gasteiger partial charge in [-0.15, -0.1) is 12.4 Å². The Bertz CT molecular complexity index is 283. The van der Waals surface area contributed by atoms with Gasteiger partial charge >= 0.3 is 11.9 Å². The molecule has 0 aromatic rings. The van der Waals surface area contributed by atoms with Gasteiger partial charge in [-0.25, -0.2) is 0 Å². The van der Waals surface area contributed by atoms with Crippen LogP contribution < -0.4 is 5.73 Å². The highest BCUT2D eigenvalue weighted by atomic mass is 35.5. The number of hydrogen-bond donors (Lipinski definition) is 1. The molecule has 0 aromatic heterocycles. The van der Waals surface area contributed by atoms with E-state index in [2.05, 4.69) is 0 Å². The van der Waals surface area contributed by atoms with Gasteiger partial charge in [0, 0.05) is 0 Å². The van der Waals surface area contributed by atoms with Crippen LogP contribution in [0.25, 0.3) is 0 Å². The molecule has 0 atom stereocenters. The number of carbonyl (C=O) groups excluding carboxylic acids is 2. The molecule has 0 heterocycles. The van der Waals surface area contributed by atoms with Crippen LogP contribution in [0.2, 0.25) is 0 Å². The van der Waals surface area contributed by atoms with Crippen molar-refractivity contribution in [1.29, 1.82) is 0 Å². The SMILES string of the molecule is CC(C)OC(=O)C(C)(C)C.CC(C)OC(=O)C(C)(C)N.Cl. The second kappa shape index (κ2) is 10.0. The Kier molecular flexibility index (Phi) is 12.0. The Hall–Kier alpha value is -0.810. The molecule has 0 bridgehead atoms. The minimum atomic E-state index is -0.871. The molecule has 0 radical (unpaired) electrons. The fourth-order valence-electron chi connectivity index (χ4n) is 0.757. The topological polar surface area (TPSA) is 78.6 Å². The highest BCUT2D eigenvalue weighted by Gasteiger charge is 2.24. The predicted octanol–water partition coefficient (Wildman–Crippen LogP) is 3.08. The molecule has 21 heavy (non-hydrogen) atoms. The Morgan fingerprint density at radius 2 is 1.10 bits per heavy atom. The van der Waals surface area contributed by atoms with Crippen molar-refractivity contribution in [1.82, 2.24) is 0 Å². The van der Waals surface area contributed by atoms with Gasteiger partial charge in [0.2, 0.25) is 0 Å². The summed E-state index contributed by atoms with van der Waals surface area (Å²) < 4.78 is 9.83. The lowest BCUT2D eigenvalue weighted by Gasteiger charge is -2.18. The number of rotatable bonds is 3. The molecule has 0 aliphatic heterocycles. The van der Waals surface area contributed by atoms with Crippen LogP contribution in [-0.4, -0.2) is 29.7 Å². The fourth-order valence-corrected chi connectivity index (χ4v) is 0.757. The van der Waals surface area contributed by atoms with Crippen molar-refractivity contribution < 1.29 is 19.1 Å². The Morgan fingerprint density at radius 3 is 1.19 bits per heavy atom. The molecule has 0 saturated heterocycles. The van der Waals surface area contributed by atoms with Crippen molar-refractivity contribution in [3.05, 3.63) is 0 Å². The van der Waals surface area contributed by atoms with Gasteiger partial charge in [0.25, 0.3) is 0 Å². The first-order valence-electron chi connectivity index (χ1n) is 6.89. The van der Waals surface area contributed by atoms with E-state index in [1.807, 2.05) is 34.6 Å². The molecule has 128 valence electrons. The molecule has 0 unspecified atom stereocenters. The maximum atomic E-state index is 11.1. The van der Waals surface area contributed by atoms with Crippen molar-refractivity contribution in [2.45, 2.75) is 80.1 Å². The van der Waals surface area contributed by atoms with Gasteiger partial charge in [0.05, 0.1) is 17.6 Å². The Labute approximate surface area is 135 Å². The third-order valence-electron chi connectivity index (χ3n) is 1.82. The molecule has 0 aliphatic carbocycles. The molecule has 0 rings (SSSR count). The summed E-state index contributed by atoms with van der Waals surface area (Å²) >= 11 is 0. The maximum absolute atomic E-state index is 11.1. The van der Waals surface area contributed by atoms with Crippen LogP contribution in [0.15, 0.2) is 0 Å². The van der Waals surface area contributed by atoms with Crippen molar-refractivity contribution >= 4 is 24.3 Å². The molecule has 0 spiro atoms. The summed E-state index contributed by atoms with van der Waals surface area (Å²) in [7, 11) is 0. The summed E-state index contributed by atoms with van der Waals surface area (Å²) in [5.74, 6) is -0.495. The van der Waals surface area contributed by atoms with Gasteiger partial charge in [-0.2, -0.15) is 0 Å². The Balaban J connectivity index is -0.000000295. The van der Waals surface area contributed by atoms with E-state index >= 15 is 0 Å². The zero-order chi connectivity index (χ0) is 16.7. The van der Waals surface area contributed by atoms with E-state index in [9.17, 15) is 9.59 Å². The minimum absolute atomic E-state index is 0. The van der Waals surface area contributed by atoms with Crippen LogP contribution in [-0.2, 0) is 19.1 Å². The summed E-state index contributed by atoms with van der Waals surface area (Å²) in [6.45, 7) is 16.1. The molecule has 0 aliphatic rings. The highest BCUT2D eigenvalue weighted by Crippen LogP contribution is 2.15. The number of nitrogens with two attached hydrogens (primary N) is 1. The van der Waals surface area contributed by atoms with Crippen molar-refractivity contribution in [3.63, 3.8) is 0 Å². The van der Waals surface area contributed by atoms with Crippen molar-refractivity contribution in [2.75, 3.05) is 0 Å². The normalized spacial score (nSPS) is 11.2. The summed E-state index contributed by atoms with van der Waals surface area (Å²) in [6.07, 6.45) is -0.0953. The fraction of sp³-hybridized carbons (Fsp3) is 0.867. The summed E-state index contributed by atoms with van der Waals surface area (Å²) in [6, 6.07) is 0. The lowest BCUT2D eigenvalue weighted by atomic mass is 9.97. The van der Waals surface area contributed by atoms with Crippen LogP contribution in [0, 0.1) is 5.41 Å². The molecule has 0 aromatic carbocycles. The van der Waals surface area contributed by atoms with E-state index < -0.39 is 5.54 Å². The number of carbonyl (C=O) groups is 2. The summed E-state index contributed by atoms with van der Waals surface area (Å²) in [5.41, 5.74) is 4.21. The number of ether oxygens (including phenoxy) is 2. The van der Waals surface area contributed by atoms with Crippen LogP contribution in [0.4, 0.5) is 0 Å². The highest BCUT2D eigenvalue weighted by molar-refractivity contribution is 5.85. The lowest BCUT2D eigenvalue weighted by Crippen LogP contribution is -2.43. The molecule has 0 amide bonds. The molecule has 0 saturated carbocycles. The van der Waals surface area contributed by atoms with E-state index in [1.54, 1.807) is 27.7 Å². The second-order valence-corrected chi connectivity index (χ2v) is 6.88. The third kappa shape index (κ3) is 15.4. The van der Waals surface area contributed by atoms with Crippen molar-refractivity contribution in [2.24, 2.45) is 11.1 Å². The van der Waals surface area contributed by atoms with E-state index in [1.165, 1.54) is 0 Å². The van der Waals surface area contributed by atoms with Gasteiger partial charge in [0.15, 0.2) is 0 Å². The largest absolute Gasteiger partial charge is 0.463 e. The Morgan fingerprint density at radius 1 is 0.810 bits per heavy atom.